The van der Waals surface area contributed by atoms with Crippen LogP contribution in [-0.4, -0.2) is 11.5 Å². The fraction of sp³-hybridized carbons (Fsp3) is 0.500. The summed E-state index contributed by atoms with van der Waals surface area (Å²) in [5, 5.41) is 0. The monoisotopic (exact) mass is 341 g/mol. The van der Waals surface area contributed by atoms with Crippen LogP contribution in [0.2, 0.25) is 0 Å². The van der Waals surface area contributed by atoms with E-state index < -0.39 is 0 Å². The van der Waals surface area contributed by atoms with E-state index in [0.29, 0.717) is 5.56 Å². The number of unbranched alkanes of at least 4 members (excludes halogenated alkanes) is 2. The number of aryl methyl sites for hydroxylation is 1. The van der Waals surface area contributed by atoms with Crippen molar-refractivity contribution in [3.05, 3.63) is 46.5 Å². The maximum Gasteiger partial charge on any atom is 0.249 e. The van der Waals surface area contributed by atoms with Crippen LogP contribution < -0.4 is 10.5 Å². The molecule has 1 heterocycles. The Morgan fingerprint density at radius 3 is 2.68 bits per heavy atom. The van der Waals surface area contributed by atoms with Crippen LogP contribution in [-0.2, 0) is 6.42 Å². The molecular formula is C22H31NO2. The van der Waals surface area contributed by atoms with Gasteiger partial charge in [0.15, 0.2) is 0 Å². The average Bonchev–Trinajstić information content (AvgIpc) is 2.53. The van der Waals surface area contributed by atoms with E-state index in [4.69, 9.17) is 10.5 Å². The number of ether oxygens (including phenoxy) is 1. The number of carbonyl (C=O) groups excluding carboxylic acids is 1. The van der Waals surface area contributed by atoms with Crippen molar-refractivity contribution in [3.8, 4) is 5.75 Å². The zero-order valence-corrected chi connectivity index (χ0v) is 16.0. The van der Waals surface area contributed by atoms with Gasteiger partial charge < -0.3 is 10.5 Å². The standard InChI is InChI=1S/C22H31NO2/c1-5-6-7-10-17-15-20-18(14-19(17)21(23)24)11-13-22(4,25-20)12-8-9-16(2)3/h9,11,13-15H,5-8,10,12H2,1-4H3,(H2,23,24). The first-order valence-corrected chi connectivity index (χ1v) is 9.33. The van der Waals surface area contributed by atoms with Gasteiger partial charge in [0, 0.05) is 11.1 Å². The lowest BCUT2D eigenvalue weighted by molar-refractivity contribution is 0.0999. The van der Waals surface area contributed by atoms with E-state index in [9.17, 15) is 4.79 Å². The van der Waals surface area contributed by atoms with Crippen molar-refractivity contribution < 1.29 is 9.53 Å². The minimum atomic E-state index is -0.361. The quantitative estimate of drug-likeness (QED) is 0.506. The number of fused-ring (bicyclic) bond motifs is 1. The molecule has 136 valence electrons. The number of allylic oxidation sites excluding steroid dienone is 2. The molecule has 25 heavy (non-hydrogen) atoms. The molecule has 1 aromatic rings. The van der Waals surface area contributed by atoms with Crippen LogP contribution in [0, 0.1) is 0 Å². The SMILES string of the molecule is CCCCCc1cc2c(cc1C(N)=O)C=CC(C)(CCC=C(C)C)O2. The van der Waals surface area contributed by atoms with E-state index in [1.54, 1.807) is 0 Å². The van der Waals surface area contributed by atoms with Gasteiger partial charge in [0.25, 0.3) is 0 Å². The number of amides is 1. The van der Waals surface area contributed by atoms with Crippen molar-refractivity contribution in [2.45, 2.75) is 71.8 Å². The van der Waals surface area contributed by atoms with Crippen LogP contribution in [0.15, 0.2) is 29.9 Å². The summed E-state index contributed by atoms with van der Waals surface area (Å²) in [6.45, 7) is 8.52. The lowest BCUT2D eigenvalue weighted by atomic mass is 9.92. The topological polar surface area (TPSA) is 52.3 Å². The molecule has 0 saturated carbocycles. The maximum absolute atomic E-state index is 11.8. The second kappa shape index (κ2) is 8.37. The van der Waals surface area contributed by atoms with Crippen LogP contribution in [0.3, 0.4) is 0 Å². The van der Waals surface area contributed by atoms with Crippen LogP contribution >= 0.6 is 0 Å². The van der Waals surface area contributed by atoms with E-state index in [0.717, 1.165) is 55.4 Å². The Balaban J connectivity index is 2.24. The molecule has 3 heteroatoms. The Bertz CT molecular complexity index is 684. The van der Waals surface area contributed by atoms with Gasteiger partial charge >= 0.3 is 0 Å². The first-order chi connectivity index (χ1) is 11.8. The highest BCUT2D eigenvalue weighted by Gasteiger charge is 2.27. The Kier molecular flexibility index (Phi) is 6.46. The van der Waals surface area contributed by atoms with Gasteiger partial charge in [-0.3, -0.25) is 4.79 Å². The molecule has 1 atom stereocenters. The molecule has 0 radical (unpaired) electrons. The van der Waals surface area contributed by atoms with Crippen molar-refractivity contribution in [1.29, 1.82) is 0 Å². The molecule has 1 amide bonds. The Morgan fingerprint density at radius 1 is 1.28 bits per heavy atom. The van der Waals surface area contributed by atoms with Gasteiger partial charge in [-0.15, -0.1) is 0 Å². The molecule has 0 aliphatic carbocycles. The molecule has 0 fully saturated rings. The minimum absolute atomic E-state index is 0.312. The second-order valence-corrected chi connectivity index (χ2v) is 7.44. The molecule has 0 saturated heterocycles. The van der Waals surface area contributed by atoms with Gasteiger partial charge in [-0.2, -0.15) is 0 Å². The third-order valence-corrected chi connectivity index (χ3v) is 4.70. The van der Waals surface area contributed by atoms with E-state index in [1.807, 2.05) is 12.1 Å². The first kappa shape index (κ1) is 19.3. The summed E-state index contributed by atoms with van der Waals surface area (Å²) < 4.78 is 6.31. The number of rotatable bonds is 8. The summed E-state index contributed by atoms with van der Waals surface area (Å²) in [4.78, 5) is 11.8. The summed E-state index contributed by atoms with van der Waals surface area (Å²) in [7, 11) is 0. The molecule has 2 N–H and O–H groups in total. The van der Waals surface area contributed by atoms with E-state index in [2.05, 4.69) is 45.9 Å². The number of benzene rings is 1. The second-order valence-electron chi connectivity index (χ2n) is 7.44. The van der Waals surface area contributed by atoms with Gasteiger partial charge in [0.1, 0.15) is 11.4 Å². The third-order valence-electron chi connectivity index (χ3n) is 4.70. The Morgan fingerprint density at radius 2 is 2.04 bits per heavy atom. The van der Waals surface area contributed by atoms with Gasteiger partial charge in [0.05, 0.1) is 0 Å². The van der Waals surface area contributed by atoms with Gasteiger partial charge in [-0.1, -0.05) is 37.5 Å². The van der Waals surface area contributed by atoms with Crippen LogP contribution in [0.4, 0.5) is 0 Å². The molecular weight excluding hydrogens is 310 g/mol. The molecule has 3 nitrogen and oxygen atoms in total. The number of nitrogens with two attached hydrogens (primary N) is 1. The molecule has 2 rings (SSSR count). The molecule has 1 aliphatic heterocycles. The van der Waals surface area contributed by atoms with E-state index in [-0.39, 0.29) is 11.5 Å². The largest absolute Gasteiger partial charge is 0.483 e. The van der Waals surface area contributed by atoms with Crippen molar-refractivity contribution in [2.75, 3.05) is 0 Å². The summed E-state index contributed by atoms with van der Waals surface area (Å²) in [6, 6.07) is 3.90. The number of carbonyl (C=O) groups is 1. The number of hydrogen-bond donors (Lipinski definition) is 1. The van der Waals surface area contributed by atoms with Crippen molar-refractivity contribution >= 4 is 12.0 Å². The smallest absolute Gasteiger partial charge is 0.249 e. The number of hydrogen-bond acceptors (Lipinski definition) is 2. The lowest BCUT2D eigenvalue weighted by Crippen LogP contribution is -2.32. The fourth-order valence-electron chi connectivity index (χ4n) is 3.19. The van der Waals surface area contributed by atoms with Gasteiger partial charge in [-0.05, 0) is 70.2 Å². The molecule has 1 aromatic carbocycles. The molecule has 1 unspecified atom stereocenters. The summed E-state index contributed by atoms with van der Waals surface area (Å²) >= 11 is 0. The molecule has 1 aliphatic rings. The zero-order chi connectivity index (χ0) is 18.4. The molecule has 0 spiro atoms. The summed E-state index contributed by atoms with van der Waals surface area (Å²) in [5.74, 6) is 0.498. The first-order valence-electron chi connectivity index (χ1n) is 9.33. The predicted octanol–water partition coefficient (Wildman–Crippen LogP) is 5.43. The average molecular weight is 341 g/mol. The highest BCUT2D eigenvalue weighted by Crippen LogP contribution is 2.36. The van der Waals surface area contributed by atoms with Crippen molar-refractivity contribution in [1.82, 2.24) is 0 Å². The number of primary amides is 1. The van der Waals surface area contributed by atoms with E-state index in [1.165, 1.54) is 5.57 Å². The Hall–Kier alpha value is -2.03. The predicted molar refractivity (Wildman–Crippen MR) is 105 cm³/mol. The van der Waals surface area contributed by atoms with Gasteiger partial charge in [0.2, 0.25) is 5.91 Å². The fourth-order valence-corrected chi connectivity index (χ4v) is 3.19. The normalized spacial score (nSPS) is 18.4. The van der Waals surface area contributed by atoms with Crippen molar-refractivity contribution in [2.24, 2.45) is 5.73 Å². The van der Waals surface area contributed by atoms with Crippen LogP contribution in [0.25, 0.3) is 6.08 Å². The van der Waals surface area contributed by atoms with Crippen LogP contribution in [0.5, 0.6) is 5.75 Å². The van der Waals surface area contributed by atoms with Crippen LogP contribution in [0.1, 0.15) is 81.3 Å². The lowest BCUT2D eigenvalue weighted by Gasteiger charge is -2.32. The minimum Gasteiger partial charge on any atom is -0.483 e. The van der Waals surface area contributed by atoms with Gasteiger partial charge in [-0.25, -0.2) is 0 Å². The third kappa shape index (κ3) is 5.22. The zero-order valence-electron chi connectivity index (χ0n) is 16.0. The highest BCUT2D eigenvalue weighted by molar-refractivity contribution is 5.95. The van der Waals surface area contributed by atoms with Crippen molar-refractivity contribution in [3.63, 3.8) is 0 Å². The molecule has 0 aromatic heterocycles. The highest BCUT2D eigenvalue weighted by atomic mass is 16.5. The Labute approximate surface area is 152 Å². The summed E-state index contributed by atoms with van der Waals surface area (Å²) in [5.41, 5.74) is 9.17. The molecule has 0 bridgehead atoms. The maximum atomic E-state index is 11.8. The van der Waals surface area contributed by atoms with E-state index >= 15 is 0 Å². The summed E-state index contributed by atoms with van der Waals surface area (Å²) in [6.07, 6.45) is 12.5.